The maximum Gasteiger partial charge on any atom is 0.123 e. The van der Waals surface area contributed by atoms with Crippen LogP contribution in [0.4, 0.5) is 4.39 Å². The minimum atomic E-state index is -0.203. The van der Waals surface area contributed by atoms with Gasteiger partial charge in [-0.3, -0.25) is 0 Å². The van der Waals surface area contributed by atoms with E-state index in [0.717, 1.165) is 24.8 Å². The van der Waals surface area contributed by atoms with Gasteiger partial charge in [0.2, 0.25) is 0 Å². The highest BCUT2D eigenvalue weighted by Gasteiger charge is 2.09. The second-order valence-electron chi connectivity index (χ2n) is 3.57. The first kappa shape index (κ1) is 12.1. The molecule has 0 aliphatic rings. The van der Waals surface area contributed by atoms with E-state index in [0.29, 0.717) is 0 Å². The molecule has 0 saturated heterocycles. The Bertz CT molecular complexity index is 273. The normalized spacial score (nSPS) is 12.7. The van der Waals surface area contributed by atoms with Gasteiger partial charge in [0, 0.05) is 0 Å². The lowest BCUT2D eigenvalue weighted by Gasteiger charge is -2.17. The van der Waals surface area contributed by atoms with E-state index >= 15 is 0 Å². The Balaban J connectivity index is 2.65. The van der Waals surface area contributed by atoms with Crippen LogP contribution in [0.5, 0.6) is 0 Å². The summed E-state index contributed by atoms with van der Waals surface area (Å²) in [4.78, 5) is 4.94. The highest BCUT2D eigenvalue weighted by atomic mass is 19.1. The van der Waals surface area contributed by atoms with Crippen molar-refractivity contribution in [1.82, 2.24) is 5.48 Å². The highest BCUT2D eigenvalue weighted by Crippen LogP contribution is 2.19. The zero-order valence-electron chi connectivity index (χ0n) is 9.29. The zero-order valence-corrected chi connectivity index (χ0v) is 9.29. The molecule has 84 valence electrons. The second kappa shape index (κ2) is 6.53. The lowest BCUT2D eigenvalue weighted by Crippen LogP contribution is -2.19. The molecule has 0 amide bonds. The Morgan fingerprint density at radius 1 is 1.33 bits per heavy atom. The van der Waals surface area contributed by atoms with Gasteiger partial charge in [0.1, 0.15) is 5.82 Å². The lowest BCUT2D eigenvalue weighted by atomic mass is 10.0. The molecule has 0 spiro atoms. The zero-order chi connectivity index (χ0) is 11.1. The van der Waals surface area contributed by atoms with Gasteiger partial charge in [-0.2, -0.15) is 5.48 Å². The number of hydroxylamine groups is 1. The molecule has 15 heavy (non-hydrogen) atoms. The van der Waals surface area contributed by atoms with Crippen LogP contribution in [0, 0.1) is 5.82 Å². The summed E-state index contributed by atoms with van der Waals surface area (Å²) in [6.07, 6.45) is 3.26. The third-order valence-corrected chi connectivity index (χ3v) is 2.38. The average Bonchev–Trinajstić information content (AvgIpc) is 2.25. The average molecular weight is 211 g/mol. The van der Waals surface area contributed by atoms with Crippen LogP contribution in [0.1, 0.15) is 37.8 Å². The summed E-state index contributed by atoms with van der Waals surface area (Å²) < 4.78 is 12.7. The Labute approximate surface area is 90.4 Å². The van der Waals surface area contributed by atoms with Crippen LogP contribution in [0.25, 0.3) is 0 Å². The van der Waals surface area contributed by atoms with Crippen molar-refractivity contribution in [3.05, 3.63) is 35.6 Å². The van der Waals surface area contributed by atoms with Gasteiger partial charge >= 0.3 is 0 Å². The van der Waals surface area contributed by atoms with E-state index < -0.39 is 0 Å². The quantitative estimate of drug-likeness (QED) is 0.729. The molecule has 0 heterocycles. The molecule has 1 atom stereocenters. The number of rotatable bonds is 6. The van der Waals surface area contributed by atoms with Crippen LogP contribution in [0.15, 0.2) is 24.3 Å². The smallest absolute Gasteiger partial charge is 0.123 e. The van der Waals surface area contributed by atoms with Crippen LogP contribution < -0.4 is 5.48 Å². The number of nitrogens with one attached hydrogen (secondary N) is 1. The summed E-state index contributed by atoms with van der Waals surface area (Å²) in [6, 6.07) is 6.69. The van der Waals surface area contributed by atoms with Crippen molar-refractivity contribution in [2.45, 2.75) is 32.2 Å². The van der Waals surface area contributed by atoms with Crippen LogP contribution in [-0.2, 0) is 4.84 Å². The molecule has 1 unspecified atom stereocenters. The van der Waals surface area contributed by atoms with Crippen molar-refractivity contribution in [3.8, 4) is 0 Å². The van der Waals surface area contributed by atoms with Crippen LogP contribution >= 0.6 is 0 Å². The number of benzene rings is 1. The Morgan fingerprint density at radius 3 is 2.53 bits per heavy atom. The Kier molecular flexibility index (Phi) is 5.29. The van der Waals surface area contributed by atoms with Gasteiger partial charge in [0.05, 0.1) is 13.2 Å². The molecule has 0 aromatic heterocycles. The molecule has 0 saturated carbocycles. The number of hydrogen-bond acceptors (Lipinski definition) is 2. The van der Waals surface area contributed by atoms with E-state index in [2.05, 4.69) is 12.4 Å². The van der Waals surface area contributed by atoms with E-state index in [1.165, 1.54) is 12.1 Å². The SMILES string of the molecule is CCCCC(NOC)c1ccc(F)cc1. The highest BCUT2D eigenvalue weighted by molar-refractivity contribution is 5.19. The van der Waals surface area contributed by atoms with Gasteiger partial charge in [-0.25, -0.2) is 4.39 Å². The molecule has 0 aliphatic carbocycles. The van der Waals surface area contributed by atoms with Crippen molar-refractivity contribution < 1.29 is 9.23 Å². The Morgan fingerprint density at radius 2 is 2.00 bits per heavy atom. The fraction of sp³-hybridized carbons (Fsp3) is 0.500. The number of unbranched alkanes of at least 4 members (excludes halogenated alkanes) is 1. The summed E-state index contributed by atoms with van der Waals surface area (Å²) in [5.41, 5.74) is 3.99. The second-order valence-corrected chi connectivity index (χ2v) is 3.57. The van der Waals surface area contributed by atoms with E-state index in [1.807, 2.05) is 0 Å². The van der Waals surface area contributed by atoms with Gasteiger partial charge < -0.3 is 4.84 Å². The molecule has 0 aliphatic heterocycles. The van der Waals surface area contributed by atoms with E-state index in [4.69, 9.17) is 4.84 Å². The standard InChI is InChI=1S/C12H18FNO/c1-3-4-5-12(14-15-2)10-6-8-11(13)9-7-10/h6-9,12,14H,3-5H2,1-2H3. The summed E-state index contributed by atoms with van der Waals surface area (Å²) in [5, 5.41) is 0. The molecule has 2 nitrogen and oxygen atoms in total. The summed E-state index contributed by atoms with van der Waals surface area (Å²) in [7, 11) is 1.60. The van der Waals surface area contributed by atoms with Gasteiger partial charge in [0.25, 0.3) is 0 Å². The summed E-state index contributed by atoms with van der Waals surface area (Å²) >= 11 is 0. The molecule has 1 aromatic carbocycles. The molecule has 1 aromatic rings. The van der Waals surface area contributed by atoms with Crippen molar-refractivity contribution >= 4 is 0 Å². The predicted molar refractivity (Wildman–Crippen MR) is 58.8 cm³/mol. The maximum absolute atomic E-state index is 12.7. The van der Waals surface area contributed by atoms with E-state index in [9.17, 15) is 4.39 Å². The fourth-order valence-corrected chi connectivity index (χ4v) is 1.54. The van der Waals surface area contributed by atoms with Crippen molar-refractivity contribution in [1.29, 1.82) is 0 Å². The molecule has 3 heteroatoms. The van der Waals surface area contributed by atoms with Crippen molar-refractivity contribution in [2.24, 2.45) is 0 Å². The van der Waals surface area contributed by atoms with Crippen LogP contribution in [0.2, 0.25) is 0 Å². The van der Waals surface area contributed by atoms with E-state index in [-0.39, 0.29) is 11.9 Å². The lowest BCUT2D eigenvalue weighted by molar-refractivity contribution is 0.0570. The van der Waals surface area contributed by atoms with Gasteiger partial charge in [-0.1, -0.05) is 31.9 Å². The number of hydrogen-bond donors (Lipinski definition) is 1. The van der Waals surface area contributed by atoms with Crippen LogP contribution in [-0.4, -0.2) is 7.11 Å². The summed E-state index contributed by atoms with van der Waals surface area (Å²) in [5.74, 6) is -0.203. The molecule has 0 radical (unpaired) electrons. The molecule has 0 bridgehead atoms. The Hall–Kier alpha value is -0.930. The molecular formula is C12H18FNO. The first-order chi connectivity index (χ1) is 7.27. The van der Waals surface area contributed by atoms with Gasteiger partial charge in [-0.15, -0.1) is 0 Å². The van der Waals surface area contributed by atoms with Crippen molar-refractivity contribution in [2.75, 3.05) is 7.11 Å². The maximum atomic E-state index is 12.7. The minimum Gasteiger partial charge on any atom is -0.305 e. The topological polar surface area (TPSA) is 21.3 Å². The first-order valence-corrected chi connectivity index (χ1v) is 5.32. The van der Waals surface area contributed by atoms with Gasteiger partial charge in [-0.05, 0) is 24.1 Å². The molecule has 1 N–H and O–H groups in total. The van der Waals surface area contributed by atoms with Crippen molar-refractivity contribution in [3.63, 3.8) is 0 Å². The van der Waals surface area contributed by atoms with Gasteiger partial charge in [0.15, 0.2) is 0 Å². The minimum absolute atomic E-state index is 0.149. The number of halogens is 1. The predicted octanol–water partition coefficient (Wildman–Crippen LogP) is 3.21. The monoisotopic (exact) mass is 211 g/mol. The molecule has 1 rings (SSSR count). The molecular weight excluding hydrogens is 193 g/mol. The fourth-order valence-electron chi connectivity index (χ4n) is 1.54. The van der Waals surface area contributed by atoms with Crippen LogP contribution in [0.3, 0.4) is 0 Å². The third kappa shape index (κ3) is 3.98. The molecule has 0 fully saturated rings. The van der Waals surface area contributed by atoms with E-state index in [1.54, 1.807) is 19.2 Å². The third-order valence-electron chi connectivity index (χ3n) is 2.38. The summed E-state index contributed by atoms with van der Waals surface area (Å²) in [6.45, 7) is 2.15. The first-order valence-electron chi connectivity index (χ1n) is 5.32. The largest absolute Gasteiger partial charge is 0.305 e.